The van der Waals surface area contributed by atoms with Gasteiger partial charge in [-0.3, -0.25) is 14.7 Å². The summed E-state index contributed by atoms with van der Waals surface area (Å²) in [4.78, 5) is 21.3. The van der Waals surface area contributed by atoms with E-state index in [1.54, 1.807) is 13.3 Å². The van der Waals surface area contributed by atoms with Crippen molar-refractivity contribution in [1.29, 1.82) is 0 Å². The van der Waals surface area contributed by atoms with E-state index in [1.165, 1.54) is 5.56 Å². The SMILES string of the molecule is COCC(=O)N(C1CCOCC1)C1CCN(Cc2cccnc2)C1. The van der Waals surface area contributed by atoms with Crippen LogP contribution in [0.3, 0.4) is 0 Å². The average Bonchev–Trinajstić information content (AvgIpc) is 3.05. The number of nitrogens with zero attached hydrogens (tertiary/aromatic N) is 3. The zero-order valence-corrected chi connectivity index (χ0v) is 14.4. The zero-order valence-electron chi connectivity index (χ0n) is 14.4. The molecular weight excluding hydrogens is 306 g/mol. The molecule has 0 spiro atoms. The molecule has 132 valence electrons. The van der Waals surface area contributed by atoms with Crippen LogP contribution in [0.2, 0.25) is 0 Å². The molecule has 3 rings (SSSR count). The molecule has 0 saturated carbocycles. The molecule has 1 unspecified atom stereocenters. The lowest BCUT2D eigenvalue weighted by molar-refractivity contribution is -0.142. The Morgan fingerprint density at radius 2 is 2.21 bits per heavy atom. The third kappa shape index (κ3) is 4.32. The first-order valence-corrected chi connectivity index (χ1v) is 8.77. The van der Waals surface area contributed by atoms with Crippen LogP contribution < -0.4 is 0 Å². The van der Waals surface area contributed by atoms with E-state index in [9.17, 15) is 4.79 Å². The highest BCUT2D eigenvalue weighted by molar-refractivity contribution is 5.78. The highest BCUT2D eigenvalue weighted by atomic mass is 16.5. The molecule has 24 heavy (non-hydrogen) atoms. The summed E-state index contributed by atoms with van der Waals surface area (Å²) in [5, 5.41) is 0. The average molecular weight is 333 g/mol. The van der Waals surface area contributed by atoms with E-state index in [0.29, 0.717) is 0 Å². The fraction of sp³-hybridized carbons (Fsp3) is 0.667. The number of amides is 1. The van der Waals surface area contributed by atoms with Crippen LogP contribution >= 0.6 is 0 Å². The van der Waals surface area contributed by atoms with E-state index >= 15 is 0 Å². The lowest BCUT2D eigenvalue weighted by Crippen LogP contribution is -2.51. The van der Waals surface area contributed by atoms with Crippen LogP contribution in [0.25, 0.3) is 0 Å². The molecule has 1 aromatic rings. The van der Waals surface area contributed by atoms with Gasteiger partial charge in [0.15, 0.2) is 0 Å². The number of hydrogen-bond acceptors (Lipinski definition) is 5. The Balaban J connectivity index is 1.63. The first kappa shape index (κ1) is 17.3. The topological polar surface area (TPSA) is 54.9 Å². The molecule has 3 heterocycles. The van der Waals surface area contributed by atoms with Gasteiger partial charge in [0.25, 0.3) is 0 Å². The van der Waals surface area contributed by atoms with E-state index in [0.717, 1.165) is 52.1 Å². The third-order valence-electron chi connectivity index (χ3n) is 4.91. The number of carbonyl (C=O) groups is 1. The third-order valence-corrected chi connectivity index (χ3v) is 4.91. The Hall–Kier alpha value is -1.50. The minimum Gasteiger partial charge on any atom is -0.381 e. The Bertz CT molecular complexity index is 520. The van der Waals surface area contributed by atoms with Gasteiger partial charge in [0.05, 0.1) is 0 Å². The lowest BCUT2D eigenvalue weighted by atomic mass is 10.0. The molecule has 1 amide bonds. The first-order chi connectivity index (χ1) is 11.8. The molecular formula is C18H27N3O3. The van der Waals surface area contributed by atoms with Crippen LogP contribution in [0.15, 0.2) is 24.5 Å². The first-order valence-electron chi connectivity index (χ1n) is 8.77. The zero-order chi connectivity index (χ0) is 16.8. The van der Waals surface area contributed by atoms with Crippen molar-refractivity contribution in [2.45, 2.75) is 37.9 Å². The highest BCUT2D eigenvalue weighted by Gasteiger charge is 2.35. The largest absolute Gasteiger partial charge is 0.381 e. The fourth-order valence-corrected chi connectivity index (χ4v) is 3.80. The minimum absolute atomic E-state index is 0.109. The Morgan fingerprint density at radius 1 is 1.38 bits per heavy atom. The molecule has 1 aromatic heterocycles. The van der Waals surface area contributed by atoms with E-state index in [-0.39, 0.29) is 24.6 Å². The van der Waals surface area contributed by atoms with Crippen LogP contribution in [0.5, 0.6) is 0 Å². The fourth-order valence-electron chi connectivity index (χ4n) is 3.80. The molecule has 0 aromatic carbocycles. The lowest BCUT2D eigenvalue weighted by Gasteiger charge is -2.38. The van der Waals surface area contributed by atoms with Gasteiger partial charge >= 0.3 is 0 Å². The van der Waals surface area contributed by atoms with Crippen LogP contribution in [0.4, 0.5) is 0 Å². The molecule has 6 heteroatoms. The maximum atomic E-state index is 12.6. The molecule has 2 aliphatic rings. The van der Waals surface area contributed by atoms with Crippen molar-refractivity contribution in [2.75, 3.05) is 40.0 Å². The van der Waals surface area contributed by atoms with E-state index in [1.807, 2.05) is 12.3 Å². The van der Waals surface area contributed by atoms with Crippen molar-refractivity contribution in [1.82, 2.24) is 14.8 Å². The van der Waals surface area contributed by atoms with Crippen molar-refractivity contribution in [3.8, 4) is 0 Å². The normalized spacial score (nSPS) is 22.6. The predicted octanol–water partition coefficient (Wildman–Crippen LogP) is 1.31. The van der Waals surface area contributed by atoms with Crippen molar-refractivity contribution in [3.05, 3.63) is 30.1 Å². The van der Waals surface area contributed by atoms with E-state index < -0.39 is 0 Å². The van der Waals surface area contributed by atoms with Gasteiger partial charge in [-0.05, 0) is 30.9 Å². The van der Waals surface area contributed by atoms with Gasteiger partial charge in [-0.2, -0.15) is 0 Å². The quantitative estimate of drug-likeness (QED) is 0.786. The molecule has 0 N–H and O–H groups in total. The summed E-state index contributed by atoms with van der Waals surface area (Å²) in [6, 6.07) is 4.63. The number of likely N-dealkylation sites (tertiary alicyclic amines) is 1. The molecule has 0 radical (unpaired) electrons. The second-order valence-electron chi connectivity index (χ2n) is 6.62. The standard InChI is InChI=1S/C18H27N3O3/c1-23-14-18(22)21(16-5-9-24-10-6-16)17-4-8-20(13-17)12-15-3-2-7-19-11-15/h2-3,7,11,16-17H,4-6,8-10,12-14H2,1H3. The number of aromatic nitrogens is 1. The van der Waals surface area contributed by atoms with Crippen molar-refractivity contribution < 1.29 is 14.3 Å². The number of methoxy groups -OCH3 is 1. The Kier molecular flexibility index (Phi) is 6.18. The van der Waals surface area contributed by atoms with Crippen LogP contribution in [-0.4, -0.2) is 72.8 Å². The Morgan fingerprint density at radius 3 is 2.92 bits per heavy atom. The molecule has 6 nitrogen and oxygen atoms in total. The predicted molar refractivity (Wildman–Crippen MR) is 90.5 cm³/mol. The number of rotatable bonds is 6. The number of carbonyl (C=O) groups excluding carboxylic acids is 1. The van der Waals surface area contributed by atoms with Gasteiger partial charge in [-0.25, -0.2) is 0 Å². The summed E-state index contributed by atoms with van der Waals surface area (Å²) < 4.78 is 10.6. The maximum absolute atomic E-state index is 12.6. The van der Waals surface area contributed by atoms with Gasteiger partial charge in [-0.1, -0.05) is 6.07 Å². The van der Waals surface area contributed by atoms with Gasteiger partial charge in [0, 0.05) is 64.4 Å². The second-order valence-corrected chi connectivity index (χ2v) is 6.62. The summed E-state index contributed by atoms with van der Waals surface area (Å²) in [5.41, 5.74) is 1.22. The summed E-state index contributed by atoms with van der Waals surface area (Å²) in [6.07, 6.45) is 6.59. The smallest absolute Gasteiger partial charge is 0.249 e. The van der Waals surface area contributed by atoms with Crippen LogP contribution in [0.1, 0.15) is 24.8 Å². The Labute approximate surface area is 143 Å². The van der Waals surface area contributed by atoms with Gasteiger partial charge in [0.1, 0.15) is 6.61 Å². The van der Waals surface area contributed by atoms with E-state index in [4.69, 9.17) is 9.47 Å². The minimum atomic E-state index is 0.109. The molecule has 0 bridgehead atoms. The van der Waals surface area contributed by atoms with Gasteiger partial charge in [-0.15, -0.1) is 0 Å². The number of hydrogen-bond donors (Lipinski definition) is 0. The van der Waals surface area contributed by atoms with Crippen LogP contribution in [-0.2, 0) is 20.8 Å². The molecule has 2 aliphatic heterocycles. The molecule has 0 aliphatic carbocycles. The van der Waals surface area contributed by atoms with Crippen molar-refractivity contribution >= 4 is 5.91 Å². The molecule has 2 fully saturated rings. The van der Waals surface area contributed by atoms with E-state index in [2.05, 4.69) is 20.9 Å². The van der Waals surface area contributed by atoms with Crippen molar-refractivity contribution in [3.63, 3.8) is 0 Å². The number of ether oxygens (including phenoxy) is 2. The summed E-state index contributed by atoms with van der Waals surface area (Å²) in [6.45, 7) is 4.48. The summed E-state index contributed by atoms with van der Waals surface area (Å²) in [5.74, 6) is 0.109. The van der Waals surface area contributed by atoms with Crippen molar-refractivity contribution in [2.24, 2.45) is 0 Å². The summed E-state index contributed by atoms with van der Waals surface area (Å²) in [7, 11) is 1.59. The molecule has 1 atom stereocenters. The van der Waals surface area contributed by atoms with Gasteiger partial charge < -0.3 is 14.4 Å². The maximum Gasteiger partial charge on any atom is 0.249 e. The van der Waals surface area contributed by atoms with Crippen LogP contribution in [0, 0.1) is 0 Å². The molecule has 2 saturated heterocycles. The number of pyridine rings is 1. The van der Waals surface area contributed by atoms with Gasteiger partial charge in [0.2, 0.25) is 5.91 Å². The second kappa shape index (κ2) is 8.55. The highest BCUT2D eigenvalue weighted by Crippen LogP contribution is 2.24. The summed E-state index contributed by atoms with van der Waals surface area (Å²) >= 11 is 0. The monoisotopic (exact) mass is 333 g/mol.